The molecule has 0 aliphatic heterocycles. The van der Waals surface area contributed by atoms with Crippen LogP contribution in [0.1, 0.15) is 30.6 Å². The third-order valence-electron chi connectivity index (χ3n) is 3.54. The first-order valence-corrected chi connectivity index (χ1v) is 7.17. The number of carbonyl (C=O) groups is 1. The van der Waals surface area contributed by atoms with E-state index in [1.807, 2.05) is 13.8 Å². The predicted octanol–water partition coefficient (Wildman–Crippen LogP) is 1.80. The third-order valence-corrected chi connectivity index (χ3v) is 3.54. The summed E-state index contributed by atoms with van der Waals surface area (Å²) >= 11 is 0. The van der Waals surface area contributed by atoms with E-state index in [-0.39, 0.29) is 17.0 Å². The molecular weight excluding hydrogens is 287 g/mol. The van der Waals surface area contributed by atoms with Crippen LogP contribution < -0.4 is 10.9 Å². The van der Waals surface area contributed by atoms with Crippen molar-refractivity contribution in [2.24, 2.45) is 5.92 Å². The Bertz CT molecular complexity index is 740. The number of nitrogens with one attached hydrogen (secondary N) is 2. The summed E-state index contributed by atoms with van der Waals surface area (Å²) in [6.45, 7) is 4.09. The number of halogens is 1. The van der Waals surface area contributed by atoms with Crippen molar-refractivity contribution in [1.82, 2.24) is 10.3 Å². The minimum Gasteiger partial charge on any atom is -0.393 e. The Labute approximate surface area is 127 Å². The molecule has 0 saturated heterocycles. The average molecular weight is 306 g/mol. The van der Waals surface area contributed by atoms with Gasteiger partial charge in [-0.1, -0.05) is 13.8 Å². The molecular formula is C16H19FN2O3. The minimum absolute atomic E-state index is 0.111. The number of aliphatic hydroxyl groups is 1. The molecule has 3 N–H and O–H groups in total. The van der Waals surface area contributed by atoms with E-state index in [0.29, 0.717) is 18.4 Å². The van der Waals surface area contributed by atoms with Crippen LogP contribution in [0.5, 0.6) is 0 Å². The van der Waals surface area contributed by atoms with E-state index < -0.39 is 23.4 Å². The second kappa shape index (κ2) is 6.70. The van der Waals surface area contributed by atoms with Crippen LogP contribution >= 0.6 is 0 Å². The molecule has 1 aromatic carbocycles. The Morgan fingerprint density at radius 1 is 1.36 bits per heavy atom. The fourth-order valence-electron chi connectivity index (χ4n) is 2.18. The number of pyridine rings is 1. The van der Waals surface area contributed by atoms with Gasteiger partial charge in [0.05, 0.1) is 17.2 Å². The van der Waals surface area contributed by atoms with Gasteiger partial charge in [0, 0.05) is 18.0 Å². The van der Waals surface area contributed by atoms with Crippen LogP contribution in [0, 0.1) is 11.7 Å². The fraction of sp³-hybridized carbons (Fsp3) is 0.375. The van der Waals surface area contributed by atoms with E-state index in [2.05, 4.69) is 10.3 Å². The molecule has 2 aromatic rings. The number of rotatable bonds is 5. The summed E-state index contributed by atoms with van der Waals surface area (Å²) in [6.07, 6.45) is -0.0654. The maximum absolute atomic E-state index is 13.2. The Balaban J connectivity index is 2.19. The van der Waals surface area contributed by atoms with E-state index in [4.69, 9.17) is 0 Å². The number of carbonyl (C=O) groups excluding carboxylic acids is 1. The average Bonchev–Trinajstić information content (AvgIpc) is 2.45. The number of fused-ring (bicyclic) bond motifs is 1. The summed E-state index contributed by atoms with van der Waals surface area (Å²) in [5.41, 5.74) is 0.00289. The topological polar surface area (TPSA) is 82.2 Å². The summed E-state index contributed by atoms with van der Waals surface area (Å²) < 4.78 is 13.2. The van der Waals surface area contributed by atoms with Gasteiger partial charge in [0.2, 0.25) is 5.56 Å². The Morgan fingerprint density at radius 3 is 2.77 bits per heavy atom. The molecule has 1 unspecified atom stereocenters. The van der Waals surface area contributed by atoms with Crippen molar-refractivity contribution in [3.8, 4) is 0 Å². The van der Waals surface area contributed by atoms with E-state index in [1.165, 1.54) is 24.3 Å². The Hall–Kier alpha value is -2.21. The minimum atomic E-state index is -0.495. The van der Waals surface area contributed by atoms with Crippen LogP contribution in [-0.4, -0.2) is 28.6 Å². The maximum Gasteiger partial charge on any atom is 0.252 e. The first kappa shape index (κ1) is 16.2. The number of hydrogen-bond donors (Lipinski definition) is 3. The molecule has 1 atom stereocenters. The molecule has 0 spiro atoms. The van der Waals surface area contributed by atoms with Gasteiger partial charge in [-0.3, -0.25) is 9.59 Å². The monoisotopic (exact) mass is 306 g/mol. The number of amides is 1. The lowest BCUT2D eigenvalue weighted by Gasteiger charge is -2.14. The molecule has 6 heteroatoms. The van der Waals surface area contributed by atoms with Gasteiger partial charge in [0.15, 0.2) is 0 Å². The number of hydrogen-bond acceptors (Lipinski definition) is 3. The fourth-order valence-corrected chi connectivity index (χ4v) is 2.18. The molecule has 2 rings (SSSR count). The molecule has 0 bridgehead atoms. The standard InChI is InChI=1S/C16H19FN2O3/c1-9(2)14(20)5-6-18-16(22)12-8-15(21)19-13-7-10(17)3-4-11(12)13/h3-4,7-9,14,20H,5-6H2,1-2H3,(H,18,22)(H,19,21). The summed E-state index contributed by atoms with van der Waals surface area (Å²) in [4.78, 5) is 26.3. The molecule has 0 radical (unpaired) electrons. The number of aromatic nitrogens is 1. The van der Waals surface area contributed by atoms with Gasteiger partial charge < -0.3 is 15.4 Å². The summed E-state index contributed by atoms with van der Waals surface area (Å²) in [5, 5.41) is 12.9. The highest BCUT2D eigenvalue weighted by Crippen LogP contribution is 2.16. The Morgan fingerprint density at radius 2 is 2.09 bits per heavy atom. The summed E-state index contributed by atoms with van der Waals surface area (Å²) in [5.74, 6) is -0.792. The largest absolute Gasteiger partial charge is 0.393 e. The lowest BCUT2D eigenvalue weighted by molar-refractivity contribution is 0.0921. The molecule has 1 heterocycles. The molecule has 5 nitrogen and oxygen atoms in total. The van der Waals surface area contributed by atoms with Crippen molar-refractivity contribution in [2.45, 2.75) is 26.4 Å². The third kappa shape index (κ3) is 3.71. The van der Waals surface area contributed by atoms with Gasteiger partial charge in [-0.15, -0.1) is 0 Å². The van der Waals surface area contributed by atoms with Gasteiger partial charge in [-0.25, -0.2) is 4.39 Å². The van der Waals surface area contributed by atoms with Crippen LogP contribution in [0.15, 0.2) is 29.1 Å². The normalized spacial score (nSPS) is 12.6. The van der Waals surface area contributed by atoms with Gasteiger partial charge >= 0.3 is 0 Å². The SMILES string of the molecule is CC(C)C(O)CCNC(=O)c1cc(=O)[nH]c2cc(F)ccc12. The van der Waals surface area contributed by atoms with Crippen molar-refractivity contribution in [3.05, 3.63) is 46.0 Å². The van der Waals surface area contributed by atoms with Gasteiger partial charge in [-0.2, -0.15) is 0 Å². The lowest BCUT2D eigenvalue weighted by atomic mass is 10.0. The quantitative estimate of drug-likeness (QED) is 0.788. The zero-order valence-corrected chi connectivity index (χ0v) is 12.5. The molecule has 22 heavy (non-hydrogen) atoms. The molecule has 0 fully saturated rings. The van der Waals surface area contributed by atoms with Crippen molar-refractivity contribution < 1.29 is 14.3 Å². The second-order valence-electron chi connectivity index (χ2n) is 5.59. The maximum atomic E-state index is 13.2. The molecule has 1 amide bonds. The predicted molar refractivity (Wildman–Crippen MR) is 82.3 cm³/mol. The van der Waals surface area contributed by atoms with Crippen LogP contribution in [0.3, 0.4) is 0 Å². The number of aromatic amines is 1. The second-order valence-corrected chi connectivity index (χ2v) is 5.59. The van der Waals surface area contributed by atoms with Crippen molar-refractivity contribution in [1.29, 1.82) is 0 Å². The van der Waals surface area contributed by atoms with Crippen LogP contribution in [-0.2, 0) is 0 Å². The number of aliphatic hydroxyl groups excluding tert-OH is 1. The summed E-state index contributed by atoms with van der Waals surface area (Å²) in [7, 11) is 0. The van der Waals surface area contributed by atoms with E-state index in [0.717, 1.165) is 0 Å². The van der Waals surface area contributed by atoms with Gasteiger partial charge in [0.25, 0.3) is 5.91 Å². The van der Waals surface area contributed by atoms with Gasteiger partial charge in [-0.05, 0) is 30.5 Å². The highest BCUT2D eigenvalue weighted by Gasteiger charge is 2.14. The Kier molecular flexibility index (Phi) is 4.92. The van der Waals surface area contributed by atoms with Crippen LogP contribution in [0.4, 0.5) is 4.39 Å². The van der Waals surface area contributed by atoms with Crippen LogP contribution in [0.2, 0.25) is 0 Å². The van der Waals surface area contributed by atoms with Crippen molar-refractivity contribution in [2.75, 3.05) is 6.54 Å². The highest BCUT2D eigenvalue weighted by atomic mass is 19.1. The van der Waals surface area contributed by atoms with E-state index >= 15 is 0 Å². The first-order chi connectivity index (χ1) is 10.4. The van der Waals surface area contributed by atoms with Crippen molar-refractivity contribution in [3.63, 3.8) is 0 Å². The highest BCUT2D eigenvalue weighted by molar-refractivity contribution is 6.05. The molecule has 0 aliphatic carbocycles. The smallest absolute Gasteiger partial charge is 0.252 e. The molecule has 118 valence electrons. The number of H-pyrrole nitrogens is 1. The zero-order valence-electron chi connectivity index (χ0n) is 12.5. The van der Waals surface area contributed by atoms with E-state index in [9.17, 15) is 19.1 Å². The summed E-state index contributed by atoms with van der Waals surface area (Å²) in [6, 6.07) is 5.06. The molecule has 1 aromatic heterocycles. The lowest BCUT2D eigenvalue weighted by Crippen LogP contribution is -2.29. The molecule has 0 aliphatic rings. The zero-order chi connectivity index (χ0) is 16.3. The van der Waals surface area contributed by atoms with Gasteiger partial charge in [0.1, 0.15) is 5.82 Å². The van der Waals surface area contributed by atoms with Crippen molar-refractivity contribution >= 4 is 16.8 Å². The molecule has 0 saturated carbocycles. The first-order valence-electron chi connectivity index (χ1n) is 7.17. The van der Waals surface area contributed by atoms with E-state index in [1.54, 1.807) is 0 Å². The number of benzene rings is 1. The van der Waals surface area contributed by atoms with Crippen LogP contribution in [0.25, 0.3) is 10.9 Å².